The maximum Gasteiger partial charge on any atom is 0.226 e. The minimum Gasteiger partial charge on any atom is -0.491 e. The van der Waals surface area contributed by atoms with Gasteiger partial charge in [-0.1, -0.05) is 12.1 Å². The Bertz CT molecular complexity index is 616. The lowest BCUT2D eigenvalue weighted by Crippen LogP contribution is -2.22. The quantitative estimate of drug-likeness (QED) is 0.902. The number of hydrogen-bond acceptors (Lipinski definition) is 3. The molecule has 1 aromatic carbocycles. The van der Waals surface area contributed by atoms with Gasteiger partial charge in [0.2, 0.25) is 5.91 Å². The zero-order valence-corrected chi connectivity index (χ0v) is 11.5. The summed E-state index contributed by atoms with van der Waals surface area (Å²) in [6, 6.07) is 7.92. The second-order valence-corrected chi connectivity index (χ2v) is 5.24. The van der Waals surface area contributed by atoms with Gasteiger partial charge in [-0.25, -0.2) is 0 Å². The van der Waals surface area contributed by atoms with Gasteiger partial charge in [0, 0.05) is 17.9 Å². The molecule has 0 bridgehead atoms. The summed E-state index contributed by atoms with van der Waals surface area (Å²) in [6.07, 6.45) is 2.37. The number of fused-ring (bicyclic) bond motifs is 1. The number of nitrogens with zero attached hydrogens (tertiary/aromatic N) is 1. The molecule has 0 aliphatic carbocycles. The number of carbonyl (C=O) groups is 1. The lowest BCUT2D eigenvalue weighted by atomic mass is 9.87. The number of aromatic nitrogens is 2. The van der Waals surface area contributed by atoms with Gasteiger partial charge >= 0.3 is 0 Å². The Balaban J connectivity index is 1.88. The molecule has 0 saturated heterocycles. The van der Waals surface area contributed by atoms with E-state index in [4.69, 9.17) is 4.74 Å². The molecule has 2 heterocycles. The Morgan fingerprint density at radius 3 is 2.75 bits per heavy atom. The van der Waals surface area contributed by atoms with Gasteiger partial charge in [-0.2, -0.15) is 5.10 Å². The highest BCUT2D eigenvalue weighted by Crippen LogP contribution is 2.36. The third-order valence-electron chi connectivity index (χ3n) is 3.35. The molecule has 0 saturated carbocycles. The van der Waals surface area contributed by atoms with E-state index >= 15 is 0 Å². The normalized spacial score (nSPS) is 17.8. The number of anilines is 1. The average Bonchev–Trinajstić information content (AvgIpc) is 2.86. The first-order chi connectivity index (χ1) is 9.63. The van der Waals surface area contributed by atoms with Gasteiger partial charge in [0.25, 0.3) is 0 Å². The smallest absolute Gasteiger partial charge is 0.226 e. The van der Waals surface area contributed by atoms with Crippen LogP contribution in [0, 0.1) is 0 Å². The summed E-state index contributed by atoms with van der Waals surface area (Å²) in [5, 5.41) is 9.62. The van der Waals surface area contributed by atoms with E-state index in [0.29, 0.717) is 12.2 Å². The van der Waals surface area contributed by atoms with Crippen molar-refractivity contribution in [3.63, 3.8) is 0 Å². The van der Waals surface area contributed by atoms with Crippen LogP contribution < -0.4 is 10.1 Å². The van der Waals surface area contributed by atoms with Crippen molar-refractivity contribution in [3.05, 3.63) is 41.6 Å². The first-order valence-corrected chi connectivity index (χ1v) is 6.73. The lowest BCUT2D eigenvalue weighted by Gasteiger charge is -2.22. The van der Waals surface area contributed by atoms with Crippen LogP contribution in [0.1, 0.15) is 37.3 Å². The van der Waals surface area contributed by atoms with Crippen molar-refractivity contribution in [2.24, 2.45) is 0 Å². The molecule has 5 nitrogen and oxygen atoms in total. The Kier molecular flexibility index (Phi) is 3.18. The van der Waals surface area contributed by atoms with E-state index in [1.807, 2.05) is 38.1 Å². The van der Waals surface area contributed by atoms with E-state index in [9.17, 15) is 4.79 Å². The molecule has 0 unspecified atom stereocenters. The molecule has 1 atom stereocenters. The van der Waals surface area contributed by atoms with Crippen molar-refractivity contribution < 1.29 is 9.53 Å². The van der Waals surface area contributed by atoms with Gasteiger partial charge in [-0.3, -0.25) is 9.89 Å². The largest absolute Gasteiger partial charge is 0.491 e. The van der Waals surface area contributed by atoms with E-state index in [0.717, 1.165) is 16.9 Å². The Morgan fingerprint density at radius 1 is 1.30 bits per heavy atom. The molecule has 20 heavy (non-hydrogen) atoms. The number of aromatic amines is 1. The van der Waals surface area contributed by atoms with Crippen LogP contribution in [0.25, 0.3) is 0 Å². The second kappa shape index (κ2) is 5.00. The maximum atomic E-state index is 11.7. The van der Waals surface area contributed by atoms with Crippen molar-refractivity contribution >= 4 is 11.7 Å². The van der Waals surface area contributed by atoms with E-state index in [1.54, 1.807) is 6.20 Å². The Hall–Kier alpha value is -2.30. The third kappa shape index (κ3) is 2.39. The Morgan fingerprint density at radius 2 is 2.05 bits per heavy atom. The summed E-state index contributed by atoms with van der Waals surface area (Å²) in [5.41, 5.74) is 2.13. The number of amides is 1. The fraction of sp³-hybridized carbons (Fsp3) is 0.333. The molecule has 1 aliphatic heterocycles. The Labute approximate surface area is 117 Å². The number of ether oxygens (including phenoxy) is 1. The van der Waals surface area contributed by atoms with Crippen LogP contribution in [0.2, 0.25) is 0 Å². The molecule has 3 rings (SSSR count). The van der Waals surface area contributed by atoms with Gasteiger partial charge in [0.15, 0.2) is 0 Å². The van der Waals surface area contributed by atoms with Crippen molar-refractivity contribution in [2.45, 2.75) is 32.3 Å². The topological polar surface area (TPSA) is 67.0 Å². The zero-order chi connectivity index (χ0) is 14.1. The van der Waals surface area contributed by atoms with Gasteiger partial charge in [0.05, 0.1) is 12.3 Å². The molecule has 5 heteroatoms. The minimum absolute atomic E-state index is 0.00857. The molecule has 1 amide bonds. The molecule has 0 radical (unpaired) electrons. The molecular weight excluding hydrogens is 254 g/mol. The number of benzene rings is 1. The van der Waals surface area contributed by atoms with E-state index in [1.165, 1.54) is 0 Å². The van der Waals surface area contributed by atoms with Crippen LogP contribution in [-0.4, -0.2) is 22.2 Å². The summed E-state index contributed by atoms with van der Waals surface area (Å²) in [6.45, 7) is 3.99. The summed E-state index contributed by atoms with van der Waals surface area (Å²) >= 11 is 0. The van der Waals surface area contributed by atoms with Crippen molar-refractivity contribution in [2.75, 3.05) is 5.32 Å². The number of hydrogen-bond donors (Lipinski definition) is 2. The molecule has 1 aromatic heterocycles. The van der Waals surface area contributed by atoms with Crippen LogP contribution in [0.5, 0.6) is 5.75 Å². The summed E-state index contributed by atoms with van der Waals surface area (Å²) in [4.78, 5) is 11.7. The number of nitrogens with one attached hydrogen (secondary N) is 2. The molecule has 1 aliphatic rings. The molecule has 104 valence electrons. The summed E-state index contributed by atoms with van der Waals surface area (Å²) in [7, 11) is 0. The molecule has 2 aromatic rings. The number of H-pyrrole nitrogens is 1. The van der Waals surface area contributed by atoms with Crippen LogP contribution in [0.3, 0.4) is 0 Å². The minimum atomic E-state index is 0.00857. The predicted octanol–water partition coefficient (Wildman–Crippen LogP) is 2.67. The van der Waals surface area contributed by atoms with Crippen LogP contribution in [0.4, 0.5) is 5.82 Å². The van der Waals surface area contributed by atoms with Crippen LogP contribution >= 0.6 is 0 Å². The molecule has 2 N–H and O–H groups in total. The fourth-order valence-electron chi connectivity index (χ4n) is 2.49. The van der Waals surface area contributed by atoms with Gasteiger partial charge < -0.3 is 10.1 Å². The zero-order valence-electron chi connectivity index (χ0n) is 11.5. The highest BCUT2D eigenvalue weighted by Gasteiger charge is 2.27. The van der Waals surface area contributed by atoms with E-state index < -0.39 is 0 Å². The summed E-state index contributed by atoms with van der Waals surface area (Å²) in [5.74, 6) is 1.60. The second-order valence-electron chi connectivity index (χ2n) is 5.24. The van der Waals surface area contributed by atoms with Gasteiger partial charge in [0.1, 0.15) is 11.6 Å². The van der Waals surface area contributed by atoms with E-state index in [-0.39, 0.29) is 17.9 Å². The lowest BCUT2D eigenvalue weighted by molar-refractivity contribution is -0.116. The van der Waals surface area contributed by atoms with Crippen molar-refractivity contribution in [1.82, 2.24) is 10.2 Å². The number of carbonyl (C=O) groups excluding carboxylic acids is 1. The molecular formula is C15H17N3O2. The fourth-order valence-corrected chi connectivity index (χ4v) is 2.49. The average molecular weight is 271 g/mol. The van der Waals surface area contributed by atoms with Gasteiger partial charge in [-0.15, -0.1) is 0 Å². The number of rotatable bonds is 3. The first-order valence-electron chi connectivity index (χ1n) is 6.73. The van der Waals surface area contributed by atoms with Gasteiger partial charge in [-0.05, 0) is 31.5 Å². The summed E-state index contributed by atoms with van der Waals surface area (Å²) < 4.78 is 5.63. The molecule has 0 spiro atoms. The van der Waals surface area contributed by atoms with E-state index in [2.05, 4.69) is 15.5 Å². The monoisotopic (exact) mass is 271 g/mol. The van der Waals surface area contributed by atoms with Crippen molar-refractivity contribution in [1.29, 1.82) is 0 Å². The maximum absolute atomic E-state index is 11.7. The standard InChI is InChI=1S/C15H17N3O2/c1-9(2)20-11-5-3-10(4-6-11)12-7-14(19)17-15-13(12)8-16-18-15/h3-6,8-9,12H,7H2,1-2H3,(H2,16,17,18,19)/t12-/m0/s1. The third-order valence-corrected chi connectivity index (χ3v) is 3.35. The highest BCUT2D eigenvalue weighted by atomic mass is 16.5. The highest BCUT2D eigenvalue weighted by molar-refractivity contribution is 5.94. The van der Waals surface area contributed by atoms with Crippen LogP contribution in [-0.2, 0) is 4.79 Å². The predicted molar refractivity (Wildman–Crippen MR) is 75.9 cm³/mol. The molecule has 0 fully saturated rings. The SMILES string of the molecule is CC(C)Oc1ccc([C@@H]2CC(=O)Nc3[nH]ncc32)cc1. The van der Waals surface area contributed by atoms with Crippen LogP contribution in [0.15, 0.2) is 30.5 Å². The first kappa shape index (κ1) is 12.7. The van der Waals surface area contributed by atoms with Crippen molar-refractivity contribution in [3.8, 4) is 5.75 Å².